The summed E-state index contributed by atoms with van der Waals surface area (Å²) in [6, 6.07) is 9.60. The first-order valence-electron chi connectivity index (χ1n) is 10.9. The standard InChI is InChI=1S/C24H16AsCl2FN8S/c25-3-4-36-10-20(34-35-36)24(21-11-37-12-31-21)33-15-5-16-22(32-14-1-2-19(28)17(26)6-14)13(8-29)9-30-23(16)18(27)7-15/h1-2,5-7,9-12,24,33H,3-4H2,(H,30,32)/t24-/m1/s1. The minimum absolute atomic E-state index is 0.0385. The maximum absolute atomic E-state index is 13.7. The minimum atomic E-state index is -0.537. The molecule has 2 radical (unpaired) electrons. The first-order chi connectivity index (χ1) is 18.0. The molecular weight excluding hydrogens is 597 g/mol. The van der Waals surface area contributed by atoms with E-state index in [-0.39, 0.29) is 16.6 Å². The van der Waals surface area contributed by atoms with Crippen molar-refractivity contribution < 1.29 is 4.39 Å². The Morgan fingerprint density at radius 2 is 1.97 bits per heavy atom. The summed E-state index contributed by atoms with van der Waals surface area (Å²) < 4.78 is 15.5. The van der Waals surface area contributed by atoms with Gasteiger partial charge in [0.2, 0.25) is 0 Å². The molecule has 0 aliphatic rings. The van der Waals surface area contributed by atoms with Crippen LogP contribution >= 0.6 is 34.5 Å². The van der Waals surface area contributed by atoms with E-state index >= 15 is 0 Å². The fourth-order valence-corrected chi connectivity index (χ4v) is 5.23. The summed E-state index contributed by atoms with van der Waals surface area (Å²) in [7, 11) is 0. The Balaban J connectivity index is 1.58. The van der Waals surface area contributed by atoms with Crippen LogP contribution in [0.4, 0.5) is 21.5 Å². The molecule has 0 aliphatic carbocycles. The molecule has 0 spiro atoms. The van der Waals surface area contributed by atoms with Crippen molar-refractivity contribution in [2.75, 3.05) is 10.6 Å². The predicted molar refractivity (Wildman–Crippen MR) is 144 cm³/mol. The van der Waals surface area contributed by atoms with Crippen LogP contribution in [0.3, 0.4) is 0 Å². The van der Waals surface area contributed by atoms with Crippen LogP contribution in [0.5, 0.6) is 0 Å². The number of fused-ring (bicyclic) bond motifs is 1. The third-order valence-corrected chi connectivity index (χ3v) is 7.08. The molecule has 0 saturated carbocycles. The maximum atomic E-state index is 13.7. The molecule has 37 heavy (non-hydrogen) atoms. The van der Waals surface area contributed by atoms with Gasteiger partial charge in [-0.25, -0.2) is 4.39 Å². The second kappa shape index (κ2) is 11.0. The van der Waals surface area contributed by atoms with Gasteiger partial charge < -0.3 is 0 Å². The van der Waals surface area contributed by atoms with E-state index in [0.717, 1.165) is 17.4 Å². The Morgan fingerprint density at radius 1 is 1.14 bits per heavy atom. The van der Waals surface area contributed by atoms with Gasteiger partial charge in [0.1, 0.15) is 11.9 Å². The summed E-state index contributed by atoms with van der Waals surface area (Å²) >= 11 is 16.6. The monoisotopic (exact) mass is 612 g/mol. The van der Waals surface area contributed by atoms with Crippen LogP contribution in [0.2, 0.25) is 15.3 Å². The van der Waals surface area contributed by atoms with Crippen LogP contribution in [0, 0.1) is 17.1 Å². The van der Waals surface area contributed by atoms with E-state index in [1.165, 1.54) is 35.7 Å². The smallest absolute Gasteiger partial charge is 0.205 e. The van der Waals surface area contributed by atoms with E-state index in [1.807, 2.05) is 17.6 Å². The number of nitrogens with one attached hydrogen (secondary N) is 2. The third-order valence-electron chi connectivity index (χ3n) is 5.47. The molecule has 2 N–H and O–H groups in total. The molecule has 0 fully saturated rings. The van der Waals surface area contributed by atoms with Crippen molar-refractivity contribution in [3.05, 3.63) is 86.4 Å². The van der Waals surface area contributed by atoms with E-state index < -0.39 is 5.82 Å². The number of nitriles is 1. The number of thiazole rings is 1. The fourth-order valence-electron chi connectivity index (χ4n) is 3.77. The van der Waals surface area contributed by atoms with Gasteiger partial charge >= 0.3 is 167 Å². The Bertz CT molecular complexity index is 1620. The van der Waals surface area contributed by atoms with Gasteiger partial charge in [-0.1, -0.05) is 11.6 Å². The van der Waals surface area contributed by atoms with Crippen molar-refractivity contribution in [1.82, 2.24) is 25.0 Å². The van der Waals surface area contributed by atoms with E-state index in [4.69, 9.17) is 23.2 Å². The third kappa shape index (κ3) is 5.41. The van der Waals surface area contributed by atoms with Crippen LogP contribution in [-0.2, 0) is 6.54 Å². The van der Waals surface area contributed by atoms with Gasteiger partial charge in [-0.2, -0.15) is 5.26 Å². The number of nitrogens with zero attached hydrogens (tertiary/aromatic N) is 6. The van der Waals surface area contributed by atoms with Crippen LogP contribution in [0.25, 0.3) is 10.9 Å². The van der Waals surface area contributed by atoms with Gasteiger partial charge in [-0.05, 0) is 18.2 Å². The number of halogens is 3. The Morgan fingerprint density at radius 3 is 2.70 bits per heavy atom. The Hall–Kier alpha value is -3.22. The number of pyridine rings is 1. The van der Waals surface area contributed by atoms with Crippen LogP contribution in [0.1, 0.15) is 23.0 Å². The molecule has 5 aromatic rings. The number of aryl methyl sites for hydroxylation is 1. The van der Waals surface area contributed by atoms with Crippen molar-refractivity contribution in [3.8, 4) is 6.07 Å². The molecule has 0 saturated heterocycles. The molecule has 2 aromatic carbocycles. The Kier molecular flexibility index (Phi) is 7.58. The molecule has 0 aliphatic heterocycles. The minimum Gasteiger partial charge on any atom is -0.205 e. The molecule has 1 atom stereocenters. The average Bonchev–Trinajstić information content (AvgIpc) is 3.58. The fraction of sp³-hybridized carbons (Fsp3) is 0.125. The molecule has 8 nitrogen and oxygen atoms in total. The van der Waals surface area contributed by atoms with Gasteiger partial charge in [0.25, 0.3) is 0 Å². The van der Waals surface area contributed by atoms with Crippen molar-refractivity contribution in [1.29, 1.82) is 5.26 Å². The second-order valence-corrected chi connectivity index (χ2v) is 10.4. The molecule has 13 heteroatoms. The Labute approximate surface area is 234 Å². The zero-order valence-corrected chi connectivity index (χ0v) is 23.1. The van der Waals surface area contributed by atoms with Gasteiger partial charge in [-0.3, -0.25) is 0 Å². The molecule has 5 rings (SSSR count). The van der Waals surface area contributed by atoms with Gasteiger partial charge in [0.05, 0.1) is 5.02 Å². The molecule has 0 bridgehead atoms. The summed E-state index contributed by atoms with van der Waals surface area (Å²) in [5.74, 6) is -0.537. The van der Waals surface area contributed by atoms with E-state index in [1.54, 1.807) is 16.3 Å². The van der Waals surface area contributed by atoms with Crippen LogP contribution in [-0.4, -0.2) is 41.8 Å². The van der Waals surface area contributed by atoms with Gasteiger partial charge in [0.15, 0.2) is 0 Å². The number of benzene rings is 2. The SMILES string of the molecule is N#Cc1cnc2c(Cl)cc(N[C@@H](c3cscn3)c3cn(CC[As])nn3)cc2c1Nc1ccc(F)c(Cl)c1. The molecule has 0 unspecified atom stereocenters. The zero-order chi connectivity index (χ0) is 25.9. The van der Waals surface area contributed by atoms with Crippen molar-refractivity contribution in [2.24, 2.45) is 0 Å². The number of aromatic nitrogens is 5. The summed E-state index contributed by atoms with van der Waals surface area (Å²) in [5, 5.41) is 28.7. The normalized spacial score (nSPS) is 11.9. The van der Waals surface area contributed by atoms with Gasteiger partial charge in [0, 0.05) is 11.9 Å². The molecule has 3 heterocycles. The van der Waals surface area contributed by atoms with Crippen LogP contribution < -0.4 is 10.6 Å². The van der Waals surface area contributed by atoms with Crippen molar-refractivity contribution in [2.45, 2.75) is 17.8 Å². The number of rotatable bonds is 8. The summed E-state index contributed by atoms with van der Waals surface area (Å²) in [4.78, 5) is 8.87. The summed E-state index contributed by atoms with van der Waals surface area (Å²) in [6.07, 6.45) is 3.32. The van der Waals surface area contributed by atoms with E-state index in [0.29, 0.717) is 38.7 Å². The first-order valence-corrected chi connectivity index (χ1v) is 13.9. The van der Waals surface area contributed by atoms with Crippen molar-refractivity contribution in [3.63, 3.8) is 0 Å². The topological polar surface area (TPSA) is 104 Å². The number of hydrogen-bond donors (Lipinski definition) is 2. The molecule has 0 amide bonds. The predicted octanol–water partition coefficient (Wildman–Crippen LogP) is 6.13. The summed E-state index contributed by atoms with van der Waals surface area (Å²) in [5.41, 5.74) is 5.67. The molecule has 184 valence electrons. The molecule has 3 aromatic heterocycles. The van der Waals surface area contributed by atoms with Crippen molar-refractivity contribution >= 4 is 79.4 Å². The number of anilines is 3. The number of hydrogen-bond acceptors (Lipinski definition) is 8. The summed E-state index contributed by atoms with van der Waals surface area (Å²) in [6.45, 7) is 0.726. The van der Waals surface area contributed by atoms with Crippen LogP contribution in [0.15, 0.2) is 53.6 Å². The first kappa shape index (κ1) is 25.4. The molecular formula is C24H16AsCl2FN8S. The second-order valence-electron chi connectivity index (χ2n) is 7.89. The van der Waals surface area contributed by atoms with Gasteiger partial charge in [-0.15, -0.1) is 0 Å². The quantitative estimate of drug-likeness (QED) is 0.203. The zero-order valence-electron chi connectivity index (χ0n) is 18.9. The average molecular weight is 613 g/mol. The van der Waals surface area contributed by atoms with E-state index in [9.17, 15) is 9.65 Å². The van der Waals surface area contributed by atoms with E-state index in [2.05, 4.69) is 53.8 Å².